The number of aryl methyl sites for hydroxylation is 1. The minimum atomic E-state index is -0.868. The van der Waals surface area contributed by atoms with Gasteiger partial charge in [0.25, 0.3) is 5.91 Å². The van der Waals surface area contributed by atoms with Crippen molar-refractivity contribution in [3.63, 3.8) is 0 Å². The quantitative estimate of drug-likeness (QED) is 0.342. The Bertz CT molecular complexity index is 1350. The molecule has 0 spiro atoms. The van der Waals surface area contributed by atoms with Crippen LogP contribution in [0.3, 0.4) is 0 Å². The highest BCUT2D eigenvalue weighted by atomic mass is 16.5. The molecule has 0 bridgehead atoms. The number of para-hydroxylation sites is 1. The number of H-pyrrole nitrogens is 1. The second kappa shape index (κ2) is 8.97. The summed E-state index contributed by atoms with van der Waals surface area (Å²) in [4.78, 5) is 39.5. The van der Waals surface area contributed by atoms with Crippen LogP contribution in [0, 0.1) is 6.92 Å². The molecule has 2 N–H and O–H groups in total. The third-order valence-corrected chi connectivity index (χ3v) is 5.21. The fourth-order valence-corrected chi connectivity index (χ4v) is 3.64. The lowest BCUT2D eigenvalue weighted by Crippen LogP contribution is -2.44. The average molecular weight is 434 g/mol. The molecule has 0 aliphatic rings. The topological polar surface area (TPSA) is 111 Å². The van der Waals surface area contributed by atoms with Gasteiger partial charge < -0.3 is 24.2 Å². The van der Waals surface area contributed by atoms with Gasteiger partial charge in [0.15, 0.2) is 6.61 Å². The molecule has 0 radical (unpaired) electrons. The Morgan fingerprint density at radius 1 is 1.12 bits per heavy atom. The van der Waals surface area contributed by atoms with E-state index >= 15 is 0 Å². The number of aromatic amines is 1. The zero-order valence-corrected chi connectivity index (χ0v) is 17.6. The molecule has 8 nitrogen and oxygen atoms in total. The Hall–Kier alpha value is -4.07. The molecule has 0 saturated carbocycles. The van der Waals surface area contributed by atoms with Crippen molar-refractivity contribution >= 4 is 33.7 Å². The predicted octanol–water partition coefficient (Wildman–Crippen LogP) is 2.86. The lowest BCUT2D eigenvalue weighted by molar-refractivity contribution is -0.145. The van der Waals surface area contributed by atoms with Gasteiger partial charge >= 0.3 is 11.6 Å². The SMILES string of the molecule is COC(=O)[C@@H](Cc1c[nH]c2ccccc12)NC(=O)COc1ccc2c(C)cc(=O)oc2c1. The molecule has 2 aromatic carbocycles. The highest BCUT2D eigenvalue weighted by Gasteiger charge is 2.23. The number of rotatable bonds is 7. The molecule has 32 heavy (non-hydrogen) atoms. The summed E-state index contributed by atoms with van der Waals surface area (Å²) in [7, 11) is 1.28. The van der Waals surface area contributed by atoms with Crippen LogP contribution in [0.25, 0.3) is 21.9 Å². The van der Waals surface area contributed by atoms with Crippen LogP contribution in [0.15, 0.2) is 63.9 Å². The van der Waals surface area contributed by atoms with Gasteiger partial charge in [0.1, 0.15) is 17.4 Å². The Morgan fingerprint density at radius 2 is 1.94 bits per heavy atom. The number of methoxy groups -OCH3 is 1. The van der Waals surface area contributed by atoms with Crippen molar-refractivity contribution in [3.8, 4) is 5.75 Å². The average Bonchev–Trinajstić information content (AvgIpc) is 3.19. The first kappa shape index (κ1) is 21.2. The zero-order valence-electron chi connectivity index (χ0n) is 17.6. The summed E-state index contributed by atoms with van der Waals surface area (Å²) in [5.41, 5.74) is 2.54. The summed E-state index contributed by atoms with van der Waals surface area (Å²) < 4.78 is 15.6. The largest absolute Gasteiger partial charge is 0.484 e. The van der Waals surface area contributed by atoms with Crippen LogP contribution in [0.1, 0.15) is 11.1 Å². The molecule has 164 valence electrons. The summed E-state index contributed by atoms with van der Waals surface area (Å²) in [6.07, 6.45) is 2.08. The van der Waals surface area contributed by atoms with Crippen LogP contribution in [0.2, 0.25) is 0 Å². The third-order valence-electron chi connectivity index (χ3n) is 5.21. The van der Waals surface area contributed by atoms with Gasteiger partial charge in [-0.1, -0.05) is 18.2 Å². The fourth-order valence-electron chi connectivity index (χ4n) is 3.64. The Kier molecular flexibility index (Phi) is 5.93. The molecule has 1 amide bonds. The first-order valence-electron chi connectivity index (χ1n) is 10.0. The summed E-state index contributed by atoms with van der Waals surface area (Å²) >= 11 is 0. The second-order valence-corrected chi connectivity index (χ2v) is 7.40. The molecule has 0 fully saturated rings. The number of amides is 1. The number of nitrogens with one attached hydrogen (secondary N) is 2. The molecule has 2 heterocycles. The molecule has 2 aromatic heterocycles. The summed E-state index contributed by atoms with van der Waals surface area (Å²) in [5, 5.41) is 4.43. The van der Waals surface area contributed by atoms with Crippen molar-refractivity contribution in [2.75, 3.05) is 13.7 Å². The molecule has 4 aromatic rings. The Labute approximate surface area is 183 Å². The number of fused-ring (bicyclic) bond motifs is 2. The van der Waals surface area contributed by atoms with E-state index in [1.807, 2.05) is 37.4 Å². The van der Waals surface area contributed by atoms with E-state index in [4.69, 9.17) is 13.9 Å². The molecule has 8 heteroatoms. The minimum absolute atomic E-state index is 0.267. The van der Waals surface area contributed by atoms with Gasteiger partial charge in [0.05, 0.1) is 7.11 Å². The molecule has 0 unspecified atom stereocenters. The van der Waals surface area contributed by atoms with Gasteiger partial charge in [0.2, 0.25) is 0 Å². The van der Waals surface area contributed by atoms with E-state index in [1.165, 1.54) is 13.2 Å². The van der Waals surface area contributed by atoms with E-state index in [9.17, 15) is 14.4 Å². The molecule has 4 rings (SSSR count). The number of esters is 1. The molecular weight excluding hydrogens is 412 g/mol. The van der Waals surface area contributed by atoms with Crippen LogP contribution in [0.5, 0.6) is 5.75 Å². The maximum atomic E-state index is 12.5. The number of carbonyl (C=O) groups excluding carboxylic acids is 2. The van der Waals surface area contributed by atoms with E-state index in [0.29, 0.717) is 11.3 Å². The van der Waals surface area contributed by atoms with Crippen LogP contribution in [-0.2, 0) is 20.7 Å². The fraction of sp³-hybridized carbons (Fsp3) is 0.208. The Morgan fingerprint density at radius 3 is 2.75 bits per heavy atom. The van der Waals surface area contributed by atoms with Gasteiger partial charge in [0, 0.05) is 41.0 Å². The van der Waals surface area contributed by atoms with E-state index in [0.717, 1.165) is 27.4 Å². The number of ether oxygens (including phenoxy) is 2. The Balaban J connectivity index is 1.44. The van der Waals surface area contributed by atoms with Gasteiger partial charge in [-0.2, -0.15) is 0 Å². The van der Waals surface area contributed by atoms with E-state index < -0.39 is 23.5 Å². The van der Waals surface area contributed by atoms with Crippen LogP contribution in [0.4, 0.5) is 0 Å². The highest BCUT2D eigenvalue weighted by molar-refractivity contribution is 5.88. The lowest BCUT2D eigenvalue weighted by atomic mass is 10.0. The third kappa shape index (κ3) is 4.49. The van der Waals surface area contributed by atoms with Gasteiger partial charge in [-0.05, 0) is 36.2 Å². The van der Waals surface area contributed by atoms with Crippen LogP contribution < -0.4 is 15.7 Å². The lowest BCUT2D eigenvalue weighted by Gasteiger charge is -2.16. The van der Waals surface area contributed by atoms with E-state index in [2.05, 4.69) is 10.3 Å². The first-order valence-corrected chi connectivity index (χ1v) is 10.0. The maximum absolute atomic E-state index is 12.5. The van der Waals surface area contributed by atoms with Crippen LogP contribution in [-0.4, -0.2) is 36.6 Å². The molecule has 0 aliphatic heterocycles. The van der Waals surface area contributed by atoms with Gasteiger partial charge in [-0.15, -0.1) is 0 Å². The van der Waals surface area contributed by atoms with Crippen molar-refractivity contribution in [2.45, 2.75) is 19.4 Å². The molecule has 1 atom stereocenters. The number of benzene rings is 2. The predicted molar refractivity (Wildman–Crippen MR) is 119 cm³/mol. The van der Waals surface area contributed by atoms with Crippen LogP contribution >= 0.6 is 0 Å². The number of aromatic nitrogens is 1. The zero-order chi connectivity index (χ0) is 22.7. The summed E-state index contributed by atoms with van der Waals surface area (Å²) in [5.74, 6) is -0.662. The van der Waals surface area contributed by atoms with E-state index in [1.54, 1.807) is 18.2 Å². The molecule has 0 aliphatic carbocycles. The van der Waals surface area contributed by atoms with Crippen molar-refractivity contribution in [3.05, 3.63) is 76.3 Å². The van der Waals surface area contributed by atoms with Crippen molar-refractivity contribution in [1.29, 1.82) is 0 Å². The molecular formula is C24H22N2O6. The first-order chi connectivity index (χ1) is 15.4. The molecule has 0 saturated heterocycles. The second-order valence-electron chi connectivity index (χ2n) is 7.40. The normalized spacial score (nSPS) is 11.9. The van der Waals surface area contributed by atoms with Gasteiger partial charge in [-0.3, -0.25) is 4.79 Å². The maximum Gasteiger partial charge on any atom is 0.336 e. The van der Waals surface area contributed by atoms with Crippen molar-refractivity contribution in [2.24, 2.45) is 0 Å². The summed E-state index contributed by atoms with van der Waals surface area (Å²) in [6.45, 7) is 1.50. The van der Waals surface area contributed by atoms with Crippen molar-refractivity contribution < 1.29 is 23.5 Å². The number of hydrogen-bond acceptors (Lipinski definition) is 6. The smallest absolute Gasteiger partial charge is 0.336 e. The number of carbonyl (C=O) groups is 2. The highest BCUT2D eigenvalue weighted by Crippen LogP contribution is 2.22. The van der Waals surface area contributed by atoms with Gasteiger partial charge in [-0.25, -0.2) is 9.59 Å². The minimum Gasteiger partial charge on any atom is -0.484 e. The number of hydrogen-bond donors (Lipinski definition) is 2. The monoisotopic (exact) mass is 434 g/mol. The van der Waals surface area contributed by atoms with Crippen molar-refractivity contribution in [1.82, 2.24) is 10.3 Å². The standard InChI is InChI=1S/C24H22N2O6/c1-14-9-23(28)32-21-11-16(7-8-17(14)21)31-13-22(27)26-20(24(29)30-2)10-15-12-25-19-6-4-3-5-18(15)19/h3-9,11-12,20,25H,10,13H2,1-2H3,(H,26,27)/t20-/m1/s1. The summed E-state index contributed by atoms with van der Waals surface area (Å²) in [6, 6.07) is 13.3. The van der Waals surface area contributed by atoms with E-state index in [-0.39, 0.29) is 13.0 Å².